The van der Waals surface area contributed by atoms with Crippen LogP contribution in [0.25, 0.3) is 0 Å². The van der Waals surface area contributed by atoms with Gasteiger partial charge in [0.1, 0.15) is 0 Å². The molecule has 1 aliphatic heterocycles. The molecule has 1 aliphatic rings. The largest absolute Gasteiger partial charge is 0.393 e. The lowest BCUT2D eigenvalue weighted by atomic mass is 9.96. The molecule has 0 bridgehead atoms. The summed E-state index contributed by atoms with van der Waals surface area (Å²) in [5.74, 6) is 0.511. The second-order valence-electron chi connectivity index (χ2n) is 5.69. The van der Waals surface area contributed by atoms with E-state index >= 15 is 0 Å². The minimum Gasteiger partial charge on any atom is -0.393 e. The smallest absolute Gasteiger partial charge is 0.222 e. The van der Waals surface area contributed by atoms with Crippen LogP contribution in [0, 0.1) is 5.92 Å². The molecule has 0 aliphatic carbocycles. The van der Waals surface area contributed by atoms with Crippen molar-refractivity contribution in [3.05, 3.63) is 0 Å². The number of likely N-dealkylation sites (tertiary alicyclic amines) is 1. The molecular weight excluding hydrogens is 226 g/mol. The highest BCUT2D eigenvalue weighted by Crippen LogP contribution is 2.18. The Morgan fingerprint density at radius 2 is 1.89 bits per heavy atom. The first kappa shape index (κ1) is 15.5. The summed E-state index contributed by atoms with van der Waals surface area (Å²) in [6.07, 6.45) is 8.56. The third kappa shape index (κ3) is 5.38. The zero-order valence-electron chi connectivity index (χ0n) is 12.0. The Morgan fingerprint density at radius 3 is 2.56 bits per heavy atom. The van der Waals surface area contributed by atoms with Crippen LogP contribution in [-0.4, -0.2) is 35.1 Å². The number of carbonyl (C=O) groups is 1. The molecule has 1 heterocycles. The van der Waals surface area contributed by atoms with Crippen molar-refractivity contribution in [3.8, 4) is 0 Å². The van der Waals surface area contributed by atoms with E-state index < -0.39 is 0 Å². The first-order chi connectivity index (χ1) is 8.65. The number of nitrogens with zero attached hydrogens (tertiary/aromatic N) is 1. The number of piperidine rings is 1. The Morgan fingerprint density at radius 1 is 1.22 bits per heavy atom. The molecule has 3 nitrogen and oxygen atoms in total. The van der Waals surface area contributed by atoms with Gasteiger partial charge in [-0.3, -0.25) is 4.79 Å². The van der Waals surface area contributed by atoms with Gasteiger partial charge in [-0.05, 0) is 18.8 Å². The SMILES string of the molecule is CCCCCCCCC(=O)N1CCC(O)C(C)C1. The number of unbranched alkanes of at least 4 members (excludes halogenated alkanes) is 5. The average molecular weight is 255 g/mol. The van der Waals surface area contributed by atoms with Gasteiger partial charge in [-0.2, -0.15) is 0 Å². The lowest BCUT2D eigenvalue weighted by molar-refractivity contribution is -0.134. The Bertz CT molecular complexity index is 243. The molecule has 0 aromatic carbocycles. The summed E-state index contributed by atoms with van der Waals surface area (Å²) in [6, 6.07) is 0. The van der Waals surface area contributed by atoms with E-state index in [0.29, 0.717) is 6.42 Å². The average Bonchev–Trinajstić information content (AvgIpc) is 2.36. The molecule has 2 atom stereocenters. The van der Waals surface area contributed by atoms with Gasteiger partial charge in [0.15, 0.2) is 0 Å². The summed E-state index contributed by atoms with van der Waals surface area (Å²) in [7, 11) is 0. The molecule has 1 rings (SSSR count). The van der Waals surface area contributed by atoms with E-state index in [4.69, 9.17) is 0 Å². The third-order valence-corrected chi connectivity index (χ3v) is 3.96. The first-order valence-corrected chi connectivity index (χ1v) is 7.61. The van der Waals surface area contributed by atoms with E-state index in [1.165, 1.54) is 32.1 Å². The van der Waals surface area contributed by atoms with Crippen molar-refractivity contribution >= 4 is 5.91 Å². The number of amides is 1. The second-order valence-corrected chi connectivity index (χ2v) is 5.69. The van der Waals surface area contributed by atoms with Crippen molar-refractivity contribution in [2.24, 2.45) is 5.92 Å². The first-order valence-electron chi connectivity index (χ1n) is 7.61. The van der Waals surface area contributed by atoms with Crippen LogP contribution in [0.15, 0.2) is 0 Å². The molecule has 1 saturated heterocycles. The molecule has 106 valence electrons. The standard InChI is InChI=1S/C15H29NO2/c1-3-4-5-6-7-8-9-15(18)16-11-10-14(17)13(2)12-16/h13-14,17H,3-12H2,1-2H3. The molecule has 18 heavy (non-hydrogen) atoms. The van der Waals surface area contributed by atoms with Gasteiger partial charge in [0.05, 0.1) is 6.10 Å². The van der Waals surface area contributed by atoms with Gasteiger partial charge in [0.2, 0.25) is 5.91 Å². The lowest BCUT2D eigenvalue weighted by Gasteiger charge is -2.34. The van der Waals surface area contributed by atoms with Crippen LogP contribution in [0.2, 0.25) is 0 Å². The minimum absolute atomic E-state index is 0.219. The number of carbonyl (C=O) groups excluding carboxylic acids is 1. The van der Waals surface area contributed by atoms with Crippen molar-refractivity contribution in [2.75, 3.05) is 13.1 Å². The van der Waals surface area contributed by atoms with Gasteiger partial charge in [0.25, 0.3) is 0 Å². The van der Waals surface area contributed by atoms with E-state index in [9.17, 15) is 9.90 Å². The molecular formula is C15H29NO2. The number of rotatable bonds is 7. The maximum absolute atomic E-state index is 12.0. The highest BCUT2D eigenvalue weighted by Gasteiger charge is 2.26. The molecule has 3 heteroatoms. The molecule has 1 N–H and O–H groups in total. The molecule has 1 amide bonds. The zero-order chi connectivity index (χ0) is 13.4. The summed E-state index contributed by atoms with van der Waals surface area (Å²) in [6.45, 7) is 5.71. The number of aliphatic hydroxyl groups is 1. The normalized spacial score (nSPS) is 24.3. The number of hydrogen-bond donors (Lipinski definition) is 1. The highest BCUT2D eigenvalue weighted by molar-refractivity contribution is 5.76. The Balaban J connectivity index is 2.09. The monoisotopic (exact) mass is 255 g/mol. The summed E-state index contributed by atoms with van der Waals surface area (Å²) < 4.78 is 0. The fraction of sp³-hybridized carbons (Fsp3) is 0.933. The Hall–Kier alpha value is -0.570. The highest BCUT2D eigenvalue weighted by atomic mass is 16.3. The van der Waals surface area contributed by atoms with Crippen molar-refractivity contribution in [2.45, 2.75) is 71.3 Å². The minimum atomic E-state index is -0.219. The van der Waals surface area contributed by atoms with Gasteiger partial charge in [-0.25, -0.2) is 0 Å². The number of aliphatic hydroxyl groups excluding tert-OH is 1. The van der Waals surface area contributed by atoms with Gasteiger partial charge < -0.3 is 10.0 Å². The molecule has 0 spiro atoms. The van der Waals surface area contributed by atoms with Crippen LogP contribution in [0.1, 0.15) is 65.2 Å². The van der Waals surface area contributed by atoms with E-state index in [2.05, 4.69) is 6.92 Å². The van der Waals surface area contributed by atoms with Crippen molar-refractivity contribution in [1.29, 1.82) is 0 Å². The predicted octanol–water partition coefficient (Wildman–Crippen LogP) is 2.97. The summed E-state index contributed by atoms with van der Waals surface area (Å²) in [5, 5.41) is 9.64. The van der Waals surface area contributed by atoms with E-state index in [0.717, 1.165) is 25.9 Å². The quantitative estimate of drug-likeness (QED) is 0.711. The van der Waals surface area contributed by atoms with Crippen molar-refractivity contribution in [1.82, 2.24) is 4.90 Å². The van der Waals surface area contributed by atoms with Gasteiger partial charge >= 0.3 is 0 Å². The zero-order valence-corrected chi connectivity index (χ0v) is 12.0. The van der Waals surface area contributed by atoms with E-state index in [1.807, 2.05) is 11.8 Å². The van der Waals surface area contributed by atoms with Crippen LogP contribution in [0.4, 0.5) is 0 Å². The predicted molar refractivity (Wildman–Crippen MR) is 74.4 cm³/mol. The van der Waals surface area contributed by atoms with Gasteiger partial charge in [-0.1, -0.05) is 46.0 Å². The molecule has 0 aromatic rings. The summed E-state index contributed by atoms with van der Waals surface area (Å²) >= 11 is 0. The van der Waals surface area contributed by atoms with Crippen LogP contribution in [0.5, 0.6) is 0 Å². The maximum Gasteiger partial charge on any atom is 0.222 e. The Kier molecular flexibility index (Phi) is 7.33. The van der Waals surface area contributed by atoms with E-state index in [1.54, 1.807) is 0 Å². The summed E-state index contributed by atoms with van der Waals surface area (Å²) in [4.78, 5) is 13.9. The molecule has 2 unspecified atom stereocenters. The van der Waals surface area contributed by atoms with Crippen LogP contribution in [-0.2, 0) is 4.79 Å². The summed E-state index contributed by atoms with van der Waals surface area (Å²) in [5.41, 5.74) is 0. The van der Waals surface area contributed by atoms with Gasteiger partial charge in [-0.15, -0.1) is 0 Å². The Labute approximate surface area is 112 Å². The van der Waals surface area contributed by atoms with Crippen LogP contribution in [0.3, 0.4) is 0 Å². The number of hydrogen-bond acceptors (Lipinski definition) is 2. The third-order valence-electron chi connectivity index (χ3n) is 3.96. The van der Waals surface area contributed by atoms with Crippen LogP contribution >= 0.6 is 0 Å². The lowest BCUT2D eigenvalue weighted by Crippen LogP contribution is -2.44. The van der Waals surface area contributed by atoms with Gasteiger partial charge in [0, 0.05) is 19.5 Å². The fourth-order valence-electron chi connectivity index (χ4n) is 2.57. The second kappa shape index (κ2) is 8.52. The molecule has 0 aromatic heterocycles. The van der Waals surface area contributed by atoms with Crippen molar-refractivity contribution < 1.29 is 9.90 Å². The van der Waals surface area contributed by atoms with Crippen molar-refractivity contribution in [3.63, 3.8) is 0 Å². The molecule has 0 radical (unpaired) electrons. The maximum atomic E-state index is 12.0. The van der Waals surface area contributed by atoms with Crippen LogP contribution < -0.4 is 0 Å². The fourth-order valence-corrected chi connectivity index (χ4v) is 2.57. The van der Waals surface area contributed by atoms with E-state index in [-0.39, 0.29) is 17.9 Å². The molecule has 0 saturated carbocycles. The topological polar surface area (TPSA) is 40.5 Å². The molecule has 1 fully saturated rings.